The maximum atomic E-state index is 13.6. The average molecular weight is 492 g/mol. The number of carbonyl (C=O) groups is 2. The van der Waals surface area contributed by atoms with Gasteiger partial charge in [-0.05, 0) is 63.9 Å². The largest absolute Gasteiger partial charge is 0.350 e. The Hall–Kier alpha value is -2.94. The maximum Gasteiger partial charge on any atom is 0.244 e. The van der Waals surface area contributed by atoms with Gasteiger partial charge in [0.25, 0.3) is 0 Å². The van der Waals surface area contributed by atoms with Gasteiger partial charge in [-0.2, -0.15) is 0 Å². The van der Waals surface area contributed by atoms with Crippen molar-refractivity contribution in [3.8, 4) is 0 Å². The molecule has 0 aliphatic rings. The number of nitrogens with zero attached hydrogens (tertiary/aromatic N) is 2. The first kappa shape index (κ1) is 27.3. The van der Waals surface area contributed by atoms with Crippen molar-refractivity contribution in [3.63, 3.8) is 0 Å². The number of benzene rings is 2. The standard InChI is InChI=1S/C25H34FN3O4S/c1-7-22(24(31)27-25(3,4)5)28(16-19-10-8-9-18(2)15-19)23(30)17-29(34(6,32)33)21-13-11-20(26)12-14-21/h8-15,22H,7,16-17H2,1-6H3,(H,27,31). The summed E-state index contributed by atoms with van der Waals surface area (Å²) in [4.78, 5) is 28.1. The van der Waals surface area contributed by atoms with Crippen LogP contribution in [0.4, 0.5) is 10.1 Å². The summed E-state index contributed by atoms with van der Waals surface area (Å²) in [7, 11) is -3.86. The molecule has 0 spiro atoms. The van der Waals surface area contributed by atoms with Crippen LogP contribution in [0, 0.1) is 12.7 Å². The number of hydrogen-bond donors (Lipinski definition) is 1. The summed E-state index contributed by atoms with van der Waals surface area (Å²) < 4.78 is 39.4. The SMILES string of the molecule is CCC(C(=O)NC(C)(C)C)N(Cc1cccc(C)c1)C(=O)CN(c1ccc(F)cc1)S(C)(=O)=O. The van der Waals surface area contributed by atoms with E-state index in [9.17, 15) is 22.4 Å². The number of aryl methyl sites for hydroxylation is 1. The van der Waals surface area contributed by atoms with Gasteiger partial charge < -0.3 is 10.2 Å². The van der Waals surface area contributed by atoms with Crippen LogP contribution >= 0.6 is 0 Å². The third kappa shape index (κ3) is 7.83. The Morgan fingerprint density at radius 1 is 1.09 bits per heavy atom. The summed E-state index contributed by atoms with van der Waals surface area (Å²) in [5, 5.41) is 2.92. The molecule has 1 N–H and O–H groups in total. The Bertz CT molecular complexity index is 1110. The van der Waals surface area contributed by atoms with Gasteiger partial charge in [-0.3, -0.25) is 13.9 Å². The third-order valence-electron chi connectivity index (χ3n) is 5.11. The lowest BCUT2D eigenvalue weighted by Crippen LogP contribution is -2.55. The summed E-state index contributed by atoms with van der Waals surface area (Å²) in [6.07, 6.45) is 1.33. The minimum absolute atomic E-state index is 0.137. The lowest BCUT2D eigenvalue weighted by molar-refractivity contribution is -0.141. The van der Waals surface area contributed by atoms with E-state index in [1.54, 1.807) is 6.92 Å². The number of sulfonamides is 1. The molecule has 0 aliphatic carbocycles. The second-order valence-corrected chi connectivity index (χ2v) is 11.3. The van der Waals surface area contributed by atoms with Crippen molar-refractivity contribution in [2.45, 2.75) is 59.2 Å². The van der Waals surface area contributed by atoms with Gasteiger partial charge in [0.1, 0.15) is 18.4 Å². The smallest absolute Gasteiger partial charge is 0.244 e. The second kappa shape index (κ2) is 11.0. The molecule has 2 amide bonds. The molecule has 2 aromatic carbocycles. The summed E-state index contributed by atoms with van der Waals surface area (Å²) in [5.41, 5.74) is 1.49. The van der Waals surface area contributed by atoms with E-state index >= 15 is 0 Å². The highest BCUT2D eigenvalue weighted by Crippen LogP contribution is 2.20. The topological polar surface area (TPSA) is 86.8 Å². The van der Waals surface area contributed by atoms with Gasteiger partial charge in [0, 0.05) is 12.1 Å². The fourth-order valence-corrected chi connectivity index (χ4v) is 4.45. The van der Waals surface area contributed by atoms with Crippen LogP contribution in [-0.4, -0.2) is 49.5 Å². The van der Waals surface area contributed by atoms with Crippen molar-refractivity contribution in [1.29, 1.82) is 0 Å². The number of anilines is 1. The van der Waals surface area contributed by atoms with Crippen molar-refractivity contribution in [2.24, 2.45) is 0 Å². The summed E-state index contributed by atoms with van der Waals surface area (Å²) in [5.74, 6) is -1.37. The Kier molecular flexibility index (Phi) is 8.83. The monoisotopic (exact) mass is 491 g/mol. The van der Waals surface area contributed by atoms with Gasteiger partial charge in [-0.1, -0.05) is 36.8 Å². The highest BCUT2D eigenvalue weighted by Gasteiger charge is 2.33. The molecule has 186 valence electrons. The Balaban J connectivity index is 2.45. The lowest BCUT2D eigenvalue weighted by Gasteiger charge is -2.34. The van der Waals surface area contributed by atoms with Crippen molar-refractivity contribution in [2.75, 3.05) is 17.1 Å². The fourth-order valence-electron chi connectivity index (χ4n) is 3.60. The van der Waals surface area contributed by atoms with Crippen LogP contribution in [0.15, 0.2) is 48.5 Å². The Labute approximate surface area is 202 Å². The van der Waals surface area contributed by atoms with E-state index in [0.717, 1.165) is 33.8 Å². The van der Waals surface area contributed by atoms with Gasteiger partial charge in [0.2, 0.25) is 21.8 Å². The summed E-state index contributed by atoms with van der Waals surface area (Å²) >= 11 is 0. The van der Waals surface area contributed by atoms with E-state index in [1.807, 2.05) is 52.0 Å². The lowest BCUT2D eigenvalue weighted by atomic mass is 10.0. The van der Waals surface area contributed by atoms with Gasteiger partial charge in [0.15, 0.2) is 0 Å². The molecule has 2 aromatic rings. The number of rotatable bonds is 9. The number of nitrogens with one attached hydrogen (secondary N) is 1. The predicted molar refractivity (Wildman–Crippen MR) is 132 cm³/mol. The van der Waals surface area contributed by atoms with E-state index in [1.165, 1.54) is 17.0 Å². The van der Waals surface area contributed by atoms with Gasteiger partial charge in [-0.25, -0.2) is 12.8 Å². The van der Waals surface area contributed by atoms with E-state index in [4.69, 9.17) is 0 Å². The summed E-state index contributed by atoms with van der Waals surface area (Å²) in [6.45, 7) is 8.91. The van der Waals surface area contributed by atoms with Gasteiger partial charge in [0.05, 0.1) is 11.9 Å². The molecule has 0 fully saturated rings. The van der Waals surface area contributed by atoms with Crippen LogP contribution in [0.3, 0.4) is 0 Å². The van der Waals surface area contributed by atoms with E-state index in [0.29, 0.717) is 6.42 Å². The van der Waals surface area contributed by atoms with Crippen molar-refractivity contribution < 1.29 is 22.4 Å². The number of carbonyl (C=O) groups excluding carboxylic acids is 2. The molecule has 2 rings (SSSR count). The highest BCUT2D eigenvalue weighted by molar-refractivity contribution is 7.92. The van der Waals surface area contributed by atoms with E-state index in [-0.39, 0.29) is 18.1 Å². The summed E-state index contributed by atoms with van der Waals surface area (Å²) in [6, 6.07) is 11.6. The normalized spacial score (nSPS) is 12.7. The van der Waals surface area contributed by atoms with E-state index < -0.39 is 39.9 Å². The molecule has 0 bridgehead atoms. The average Bonchev–Trinajstić information content (AvgIpc) is 2.70. The number of amides is 2. The molecule has 0 saturated carbocycles. The highest BCUT2D eigenvalue weighted by atomic mass is 32.2. The fraction of sp³-hybridized carbons (Fsp3) is 0.440. The van der Waals surface area contributed by atoms with Crippen LogP contribution in [-0.2, 0) is 26.2 Å². The molecule has 0 aromatic heterocycles. The van der Waals surface area contributed by atoms with Gasteiger partial charge in [-0.15, -0.1) is 0 Å². The number of hydrogen-bond acceptors (Lipinski definition) is 4. The molecule has 0 aliphatic heterocycles. The second-order valence-electron chi connectivity index (χ2n) is 9.42. The van der Waals surface area contributed by atoms with E-state index in [2.05, 4.69) is 5.32 Å². The third-order valence-corrected chi connectivity index (χ3v) is 6.25. The van der Waals surface area contributed by atoms with Crippen LogP contribution < -0.4 is 9.62 Å². The van der Waals surface area contributed by atoms with Crippen molar-refractivity contribution in [3.05, 3.63) is 65.5 Å². The molecular weight excluding hydrogens is 457 g/mol. The van der Waals surface area contributed by atoms with Crippen LogP contribution in [0.1, 0.15) is 45.2 Å². The number of halogens is 1. The minimum atomic E-state index is -3.86. The molecular formula is C25H34FN3O4S. The van der Waals surface area contributed by atoms with Crippen molar-refractivity contribution >= 4 is 27.5 Å². The molecule has 9 heteroatoms. The maximum absolute atomic E-state index is 13.6. The molecule has 34 heavy (non-hydrogen) atoms. The molecule has 1 atom stereocenters. The Morgan fingerprint density at radius 2 is 1.71 bits per heavy atom. The zero-order valence-electron chi connectivity index (χ0n) is 20.6. The van der Waals surface area contributed by atoms with Crippen molar-refractivity contribution in [1.82, 2.24) is 10.2 Å². The first-order valence-corrected chi connectivity index (χ1v) is 13.0. The first-order valence-electron chi connectivity index (χ1n) is 11.1. The molecule has 1 unspecified atom stereocenters. The Morgan fingerprint density at radius 3 is 2.21 bits per heavy atom. The first-order chi connectivity index (χ1) is 15.7. The van der Waals surface area contributed by atoms with Crippen LogP contribution in [0.25, 0.3) is 0 Å². The quantitative estimate of drug-likeness (QED) is 0.581. The zero-order valence-corrected chi connectivity index (χ0v) is 21.4. The van der Waals surface area contributed by atoms with Crippen LogP contribution in [0.5, 0.6) is 0 Å². The molecule has 0 saturated heterocycles. The van der Waals surface area contributed by atoms with Gasteiger partial charge >= 0.3 is 0 Å². The minimum Gasteiger partial charge on any atom is -0.350 e. The molecule has 0 heterocycles. The molecule has 0 radical (unpaired) electrons. The predicted octanol–water partition coefficient (Wildman–Crippen LogP) is 3.62. The zero-order chi connectivity index (χ0) is 25.7. The molecule has 7 nitrogen and oxygen atoms in total. The van der Waals surface area contributed by atoms with Crippen LogP contribution in [0.2, 0.25) is 0 Å².